The molecule has 1 fully saturated rings. The monoisotopic (exact) mass is 221 g/mol. The van der Waals surface area contributed by atoms with Gasteiger partial charge >= 0.3 is 0 Å². The van der Waals surface area contributed by atoms with Crippen molar-refractivity contribution in [1.82, 2.24) is 9.47 Å². The predicted molar refractivity (Wildman–Crippen MR) is 64.4 cm³/mol. The molecule has 1 aliphatic rings. The molecule has 0 aromatic carbocycles. The van der Waals surface area contributed by atoms with E-state index in [1.165, 1.54) is 0 Å². The van der Waals surface area contributed by atoms with Gasteiger partial charge in [-0.25, -0.2) is 0 Å². The summed E-state index contributed by atoms with van der Waals surface area (Å²) in [6.45, 7) is 3.83. The molecule has 88 valence electrons. The SMILES string of the molecule is NC1CCN(CCn2ccccc2=O)CC1. The zero-order valence-corrected chi connectivity index (χ0v) is 9.51. The van der Waals surface area contributed by atoms with E-state index in [0.717, 1.165) is 39.0 Å². The number of likely N-dealkylation sites (tertiary alicyclic amines) is 1. The molecule has 0 radical (unpaired) electrons. The molecule has 2 heterocycles. The van der Waals surface area contributed by atoms with Gasteiger partial charge in [0.1, 0.15) is 0 Å². The molecule has 0 unspecified atom stereocenters. The van der Waals surface area contributed by atoms with Crippen molar-refractivity contribution < 1.29 is 0 Å². The molecule has 0 aliphatic carbocycles. The second-order valence-electron chi connectivity index (χ2n) is 4.41. The molecule has 1 saturated heterocycles. The van der Waals surface area contributed by atoms with E-state index in [9.17, 15) is 4.79 Å². The lowest BCUT2D eigenvalue weighted by atomic mass is 10.1. The van der Waals surface area contributed by atoms with Crippen molar-refractivity contribution in [3.8, 4) is 0 Å². The number of piperidine rings is 1. The van der Waals surface area contributed by atoms with Crippen LogP contribution in [-0.4, -0.2) is 35.1 Å². The van der Waals surface area contributed by atoms with Crippen LogP contribution < -0.4 is 11.3 Å². The van der Waals surface area contributed by atoms with Crippen molar-refractivity contribution in [2.24, 2.45) is 5.73 Å². The summed E-state index contributed by atoms with van der Waals surface area (Å²) < 4.78 is 1.76. The molecule has 1 aromatic rings. The highest BCUT2D eigenvalue weighted by atomic mass is 16.1. The number of rotatable bonds is 3. The van der Waals surface area contributed by atoms with E-state index in [1.54, 1.807) is 16.7 Å². The Morgan fingerprint density at radius 1 is 1.25 bits per heavy atom. The van der Waals surface area contributed by atoms with Gasteiger partial charge in [-0.15, -0.1) is 0 Å². The van der Waals surface area contributed by atoms with Gasteiger partial charge in [0.05, 0.1) is 0 Å². The normalized spacial score (nSPS) is 18.8. The largest absolute Gasteiger partial charge is 0.328 e. The Hall–Kier alpha value is -1.13. The topological polar surface area (TPSA) is 51.3 Å². The minimum atomic E-state index is 0.0798. The Labute approximate surface area is 95.7 Å². The minimum absolute atomic E-state index is 0.0798. The fraction of sp³-hybridized carbons (Fsp3) is 0.583. The van der Waals surface area contributed by atoms with Gasteiger partial charge in [0.2, 0.25) is 0 Å². The zero-order valence-electron chi connectivity index (χ0n) is 9.51. The van der Waals surface area contributed by atoms with Crippen LogP contribution in [0.5, 0.6) is 0 Å². The number of hydrogen-bond acceptors (Lipinski definition) is 3. The van der Waals surface area contributed by atoms with E-state index in [4.69, 9.17) is 5.73 Å². The van der Waals surface area contributed by atoms with E-state index < -0.39 is 0 Å². The molecule has 0 saturated carbocycles. The van der Waals surface area contributed by atoms with Crippen LogP contribution in [0.25, 0.3) is 0 Å². The minimum Gasteiger partial charge on any atom is -0.328 e. The first-order valence-electron chi connectivity index (χ1n) is 5.89. The first-order chi connectivity index (χ1) is 7.75. The van der Waals surface area contributed by atoms with Crippen molar-refractivity contribution >= 4 is 0 Å². The van der Waals surface area contributed by atoms with Crippen LogP contribution in [0.15, 0.2) is 29.2 Å². The van der Waals surface area contributed by atoms with Gasteiger partial charge in [0.25, 0.3) is 5.56 Å². The Bertz CT molecular complexity index is 380. The van der Waals surface area contributed by atoms with Crippen molar-refractivity contribution in [3.05, 3.63) is 34.7 Å². The van der Waals surface area contributed by atoms with E-state index >= 15 is 0 Å². The molecule has 0 amide bonds. The van der Waals surface area contributed by atoms with E-state index in [0.29, 0.717) is 6.04 Å². The molecule has 2 rings (SSSR count). The number of aromatic nitrogens is 1. The number of hydrogen-bond donors (Lipinski definition) is 1. The lowest BCUT2D eigenvalue weighted by molar-refractivity contribution is 0.205. The van der Waals surface area contributed by atoms with E-state index in [-0.39, 0.29) is 5.56 Å². The maximum atomic E-state index is 11.5. The van der Waals surface area contributed by atoms with E-state index in [2.05, 4.69) is 4.90 Å². The third-order valence-corrected chi connectivity index (χ3v) is 3.19. The highest BCUT2D eigenvalue weighted by molar-refractivity contribution is 4.93. The fourth-order valence-corrected chi connectivity index (χ4v) is 2.07. The van der Waals surface area contributed by atoms with Crippen LogP contribution in [0.3, 0.4) is 0 Å². The Kier molecular flexibility index (Phi) is 3.74. The summed E-state index contributed by atoms with van der Waals surface area (Å²) in [7, 11) is 0. The summed E-state index contributed by atoms with van der Waals surface area (Å²) in [5.41, 5.74) is 5.93. The highest BCUT2D eigenvalue weighted by Crippen LogP contribution is 2.07. The first-order valence-corrected chi connectivity index (χ1v) is 5.89. The zero-order chi connectivity index (χ0) is 11.4. The molecule has 0 atom stereocenters. The quantitative estimate of drug-likeness (QED) is 0.797. The van der Waals surface area contributed by atoms with Crippen molar-refractivity contribution in [2.75, 3.05) is 19.6 Å². The van der Waals surface area contributed by atoms with Crippen LogP contribution in [-0.2, 0) is 6.54 Å². The summed E-state index contributed by atoms with van der Waals surface area (Å²) in [6, 6.07) is 5.65. The predicted octanol–water partition coefficient (Wildman–Crippen LogP) is 0.271. The number of nitrogens with zero attached hydrogens (tertiary/aromatic N) is 2. The lowest BCUT2D eigenvalue weighted by Gasteiger charge is -2.30. The van der Waals surface area contributed by atoms with Gasteiger partial charge in [-0.05, 0) is 32.0 Å². The van der Waals surface area contributed by atoms with Crippen LogP contribution in [0.4, 0.5) is 0 Å². The third kappa shape index (κ3) is 2.93. The Morgan fingerprint density at radius 3 is 2.69 bits per heavy atom. The summed E-state index contributed by atoms with van der Waals surface area (Å²) >= 11 is 0. The second-order valence-corrected chi connectivity index (χ2v) is 4.41. The van der Waals surface area contributed by atoms with Crippen LogP contribution >= 0.6 is 0 Å². The number of pyridine rings is 1. The average Bonchev–Trinajstić information content (AvgIpc) is 2.30. The maximum Gasteiger partial charge on any atom is 0.250 e. The summed E-state index contributed by atoms with van der Waals surface area (Å²) in [4.78, 5) is 13.8. The van der Waals surface area contributed by atoms with Gasteiger partial charge in [0.15, 0.2) is 0 Å². The van der Waals surface area contributed by atoms with Crippen molar-refractivity contribution in [2.45, 2.75) is 25.4 Å². The standard InChI is InChI=1S/C12H19N3O/c13-11-4-7-14(8-5-11)9-10-15-6-2-1-3-12(15)16/h1-3,6,11H,4-5,7-10,13H2. The molecule has 1 aromatic heterocycles. The summed E-state index contributed by atoms with van der Waals surface area (Å²) in [5.74, 6) is 0. The number of nitrogens with two attached hydrogens (primary N) is 1. The molecule has 4 heteroatoms. The average molecular weight is 221 g/mol. The Balaban J connectivity index is 1.84. The lowest BCUT2D eigenvalue weighted by Crippen LogP contribution is -2.41. The van der Waals surface area contributed by atoms with Gasteiger partial charge in [-0.2, -0.15) is 0 Å². The van der Waals surface area contributed by atoms with Crippen molar-refractivity contribution in [3.63, 3.8) is 0 Å². The van der Waals surface area contributed by atoms with Gasteiger partial charge < -0.3 is 15.2 Å². The molecule has 16 heavy (non-hydrogen) atoms. The molecular weight excluding hydrogens is 202 g/mol. The van der Waals surface area contributed by atoms with E-state index in [1.807, 2.05) is 12.3 Å². The molecule has 2 N–H and O–H groups in total. The van der Waals surface area contributed by atoms with Gasteiger partial charge in [0, 0.05) is 31.4 Å². The van der Waals surface area contributed by atoms with Crippen LogP contribution in [0.1, 0.15) is 12.8 Å². The van der Waals surface area contributed by atoms with Crippen molar-refractivity contribution in [1.29, 1.82) is 0 Å². The molecule has 0 spiro atoms. The Morgan fingerprint density at radius 2 is 2.00 bits per heavy atom. The highest BCUT2D eigenvalue weighted by Gasteiger charge is 2.15. The van der Waals surface area contributed by atoms with Crippen LogP contribution in [0.2, 0.25) is 0 Å². The molecule has 1 aliphatic heterocycles. The van der Waals surface area contributed by atoms with Gasteiger partial charge in [-0.1, -0.05) is 6.07 Å². The summed E-state index contributed by atoms with van der Waals surface area (Å²) in [6.07, 6.45) is 3.99. The second kappa shape index (κ2) is 5.27. The van der Waals surface area contributed by atoms with Crippen LogP contribution in [0, 0.1) is 0 Å². The fourth-order valence-electron chi connectivity index (χ4n) is 2.07. The van der Waals surface area contributed by atoms with Gasteiger partial charge in [-0.3, -0.25) is 4.79 Å². The molecule has 4 nitrogen and oxygen atoms in total. The maximum absolute atomic E-state index is 11.5. The molecular formula is C12H19N3O. The first kappa shape index (κ1) is 11.4. The smallest absolute Gasteiger partial charge is 0.250 e. The molecule has 0 bridgehead atoms. The third-order valence-electron chi connectivity index (χ3n) is 3.19. The summed E-state index contributed by atoms with van der Waals surface area (Å²) in [5, 5.41) is 0.